The van der Waals surface area contributed by atoms with E-state index in [-0.39, 0.29) is 5.91 Å². The van der Waals surface area contributed by atoms with Crippen molar-refractivity contribution in [2.24, 2.45) is 0 Å². The molecule has 5 nitrogen and oxygen atoms in total. The Morgan fingerprint density at radius 1 is 0.821 bits per heavy atom. The third kappa shape index (κ3) is 3.88. The highest BCUT2D eigenvalue weighted by molar-refractivity contribution is 5.95. The molecule has 28 heavy (non-hydrogen) atoms. The SMILES string of the molecule is Cc1cc(-c2ccc(C(=O)N3CCN(c4ccncc4)CC3)cc2)cc(C)n1. The van der Waals surface area contributed by atoms with Crippen LogP contribution in [0.5, 0.6) is 0 Å². The van der Waals surface area contributed by atoms with Crippen molar-refractivity contribution in [2.75, 3.05) is 31.1 Å². The molecule has 0 atom stereocenters. The zero-order valence-corrected chi connectivity index (χ0v) is 16.3. The van der Waals surface area contributed by atoms with Gasteiger partial charge in [0.25, 0.3) is 5.91 Å². The van der Waals surface area contributed by atoms with Crippen LogP contribution in [0.2, 0.25) is 0 Å². The number of nitrogens with zero attached hydrogens (tertiary/aromatic N) is 4. The van der Waals surface area contributed by atoms with Crippen molar-refractivity contribution >= 4 is 11.6 Å². The monoisotopic (exact) mass is 372 g/mol. The van der Waals surface area contributed by atoms with Crippen molar-refractivity contribution < 1.29 is 4.79 Å². The van der Waals surface area contributed by atoms with Gasteiger partial charge in [0.05, 0.1) is 0 Å². The molecule has 0 unspecified atom stereocenters. The smallest absolute Gasteiger partial charge is 0.253 e. The topological polar surface area (TPSA) is 49.3 Å². The molecule has 5 heteroatoms. The number of anilines is 1. The number of hydrogen-bond donors (Lipinski definition) is 0. The fourth-order valence-corrected chi connectivity index (χ4v) is 3.71. The van der Waals surface area contributed by atoms with Gasteiger partial charge in [-0.15, -0.1) is 0 Å². The molecule has 2 aromatic heterocycles. The Morgan fingerprint density at radius 2 is 1.43 bits per heavy atom. The van der Waals surface area contributed by atoms with E-state index in [4.69, 9.17) is 0 Å². The Balaban J connectivity index is 1.43. The Bertz CT molecular complexity index is 941. The first-order valence-corrected chi connectivity index (χ1v) is 9.60. The van der Waals surface area contributed by atoms with Gasteiger partial charge >= 0.3 is 0 Å². The third-order valence-corrected chi connectivity index (χ3v) is 5.14. The van der Waals surface area contributed by atoms with Crippen molar-refractivity contribution in [1.29, 1.82) is 0 Å². The van der Waals surface area contributed by atoms with Crippen LogP contribution in [0.3, 0.4) is 0 Å². The summed E-state index contributed by atoms with van der Waals surface area (Å²) in [5, 5.41) is 0. The van der Waals surface area contributed by atoms with E-state index in [0.717, 1.165) is 59.9 Å². The summed E-state index contributed by atoms with van der Waals surface area (Å²) in [6, 6.07) is 16.1. The number of carbonyl (C=O) groups excluding carboxylic acids is 1. The molecule has 1 saturated heterocycles. The first-order valence-electron chi connectivity index (χ1n) is 9.60. The van der Waals surface area contributed by atoms with Gasteiger partial charge in [0.15, 0.2) is 0 Å². The fourth-order valence-electron chi connectivity index (χ4n) is 3.71. The zero-order valence-electron chi connectivity index (χ0n) is 16.3. The lowest BCUT2D eigenvalue weighted by Gasteiger charge is -2.36. The molecule has 0 N–H and O–H groups in total. The van der Waals surface area contributed by atoms with Crippen LogP contribution in [0.15, 0.2) is 60.9 Å². The number of piperazine rings is 1. The summed E-state index contributed by atoms with van der Waals surface area (Å²) >= 11 is 0. The Kier molecular flexibility index (Phi) is 5.06. The molecular formula is C23H24N4O. The maximum Gasteiger partial charge on any atom is 0.253 e. The number of aryl methyl sites for hydroxylation is 2. The molecule has 0 aliphatic carbocycles. The van der Waals surface area contributed by atoms with E-state index in [0.29, 0.717) is 0 Å². The summed E-state index contributed by atoms with van der Waals surface area (Å²) in [7, 11) is 0. The van der Waals surface area contributed by atoms with Crippen LogP contribution in [0.25, 0.3) is 11.1 Å². The van der Waals surface area contributed by atoms with Gasteiger partial charge in [-0.3, -0.25) is 14.8 Å². The second kappa shape index (κ2) is 7.80. The van der Waals surface area contributed by atoms with Crippen molar-refractivity contribution in [1.82, 2.24) is 14.9 Å². The number of aromatic nitrogens is 2. The molecule has 0 spiro atoms. The Labute approximate surface area is 165 Å². The van der Waals surface area contributed by atoms with Gasteiger partial charge in [0, 0.05) is 61.2 Å². The van der Waals surface area contributed by atoms with Crippen LogP contribution >= 0.6 is 0 Å². The largest absolute Gasteiger partial charge is 0.368 e. The standard InChI is InChI=1S/C23H24N4O/c1-17-15-21(16-18(2)25-17)19-3-5-20(6-4-19)23(28)27-13-11-26(12-14-27)22-7-9-24-10-8-22/h3-10,15-16H,11-14H2,1-2H3. The maximum atomic E-state index is 12.9. The van der Waals surface area contributed by atoms with E-state index in [1.54, 1.807) is 12.4 Å². The normalized spacial score (nSPS) is 14.2. The minimum Gasteiger partial charge on any atom is -0.368 e. The molecule has 0 bridgehead atoms. The highest BCUT2D eigenvalue weighted by atomic mass is 16.2. The second-order valence-electron chi connectivity index (χ2n) is 7.20. The van der Waals surface area contributed by atoms with Crippen molar-refractivity contribution in [3.63, 3.8) is 0 Å². The van der Waals surface area contributed by atoms with Gasteiger partial charge in [-0.1, -0.05) is 12.1 Å². The first-order chi connectivity index (χ1) is 13.6. The minimum atomic E-state index is 0.100. The lowest BCUT2D eigenvalue weighted by molar-refractivity contribution is 0.0747. The van der Waals surface area contributed by atoms with Gasteiger partial charge in [-0.25, -0.2) is 0 Å². The Morgan fingerprint density at radius 3 is 2.04 bits per heavy atom. The van der Waals surface area contributed by atoms with Gasteiger partial charge < -0.3 is 9.80 Å². The summed E-state index contributed by atoms with van der Waals surface area (Å²) < 4.78 is 0. The molecule has 1 aliphatic heterocycles. The molecular weight excluding hydrogens is 348 g/mol. The van der Waals surface area contributed by atoms with Crippen molar-refractivity contribution in [3.05, 3.63) is 77.9 Å². The maximum absolute atomic E-state index is 12.9. The molecule has 1 aliphatic rings. The number of hydrogen-bond acceptors (Lipinski definition) is 4. The molecule has 1 aromatic carbocycles. The molecule has 1 amide bonds. The van der Waals surface area contributed by atoms with Crippen LogP contribution in [0, 0.1) is 13.8 Å². The molecule has 0 saturated carbocycles. The summed E-state index contributed by atoms with van der Waals surface area (Å²) in [4.78, 5) is 25.6. The summed E-state index contributed by atoms with van der Waals surface area (Å²) in [6.07, 6.45) is 3.61. The molecule has 0 radical (unpaired) electrons. The minimum absolute atomic E-state index is 0.100. The summed E-state index contributed by atoms with van der Waals surface area (Å²) in [5.41, 5.74) is 6.14. The van der Waals surface area contributed by atoms with Crippen LogP contribution < -0.4 is 4.90 Å². The van der Waals surface area contributed by atoms with Crippen LogP contribution in [-0.4, -0.2) is 47.0 Å². The molecule has 3 aromatic rings. The van der Waals surface area contributed by atoms with Crippen LogP contribution in [0.4, 0.5) is 5.69 Å². The van der Waals surface area contributed by atoms with E-state index in [9.17, 15) is 4.79 Å². The van der Waals surface area contributed by atoms with Gasteiger partial charge in [-0.05, 0) is 61.4 Å². The number of pyridine rings is 2. The second-order valence-corrected chi connectivity index (χ2v) is 7.20. The number of benzene rings is 1. The quantitative estimate of drug-likeness (QED) is 0.703. The number of carbonyl (C=O) groups is 1. The first kappa shape index (κ1) is 18.2. The predicted octanol–water partition coefficient (Wildman–Crippen LogP) is 3.72. The average molecular weight is 372 g/mol. The van der Waals surface area contributed by atoms with E-state index in [1.165, 1.54) is 0 Å². The Hall–Kier alpha value is -3.21. The van der Waals surface area contributed by atoms with Gasteiger partial charge in [0.2, 0.25) is 0 Å². The highest BCUT2D eigenvalue weighted by Gasteiger charge is 2.22. The average Bonchev–Trinajstić information content (AvgIpc) is 2.73. The third-order valence-electron chi connectivity index (χ3n) is 5.14. The zero-order chi connectivity index (χ0) is 19.5. The van der Waals surface area contributed by atoms with Crippen LogP contribution in [-0.2, 0) is 0 Å². The molecule has 1 fully saturated rings. The lowest BCUT2D eigenvalue weighted by atomic mass is 10.0. The van der Waals surface area contributed by atoms with E-state index in [1.807, 2.05) is 55.1 Å². The lowest BCUT2D eigenvalue weighted by Crippen LogP contribution is -2.48. The predicted molar refractivity (Wildman–Crippen MR) is 112 cm³/mol. The summed E-state index contributed by atoms with van der Waals surface area (Å²) in [6.45, 7) is 7.13. The molecule has 142 valence electrons. The van der Waals surface area contributed by atoms with E-state index in [2.05, 4.69) is 27.0 Å². The van der Waals surface area contributed by atoms with Gasteiger partial charge in [-0.2, -0.15) is 0 Å². The molecule has 3 heterocycles. The van der Waals surface area contributed by atoms with Gasteiger partial charge in [0.1, 0.15) is 0 Å². The van der Waals surface area contributed by atoms with Crippen molar-refractivity contribution in [2.45, 2.75) is 13.8 Å². The summed E-state index contributed by atoms with van der Waals surface area (Å²) in [5.74, 6) is 0.100. The molecule has 4 rings (SSSR count). The highest BCUT2D eigenvalue weighted by Crippen LogP contribution is 2.22. The number of amides is 1. The number of rotatable bonds is 3. The van der Waals surface area contributed by atoms with E-state index < -0.39 is 0 Å². The van der Waals surface area contributed by atoms with E-state index >= 15 is 0 Å². The van der Waals surface area contributed by atoms with Crippen LogP contribution in [0.1, 0.15) is 21.7 Å². The van der Waals surface area contributed by atoms with Crippen molar-refractivity contribution in [3.8, 4) is 11.1 Å². The fraction of sp³-hybridized carbons (Fsp3) is 0.261.